The summed E-state index contributed by atoms with van der Waals surface area (Å²) in [7, 11) is 0. The first-order chi connectivity index (χ1) is 7.87. The van der Waals surface area contributed by atoms with Gasteiger partial charge < -0.3 is 0 Å². The van der Waals surface area contributed by atoms with Crippen LogP contribution in [-0.2, 0) is 11.8 Å². The predicted molar refractivity (Wildman–Crippen MR) is 59.6 cm³/mol. The van der Waals surface area contributed by atoms with E-state index in [-0.39, 0.29) is 11.0 Å². The van der Waals surface area contributed by atoms with Gasteiger partial charge in [0, 0.05) is 2.74 Å². The van der Waals surface area contributed by atoms with Gasteiger partial charge in [-0.2, -0.15) is 13.2 Å². The van der Waals surface area contributed by atoms with Crippen molar-refractivity contribution in [1.29, 1.82) is 0 Å². The van der Waals surface area contributed by atoms with Crippen molar-refractivity contribution in [2.45, 2.75) is 45.7 Å². The summed E-state index contributed by atoms with van der Waals surface area (Å²) < 4.78 is 52.2. The molecule has 0 radical (unpaired) electrons. The number of alkyl halides is 3. The second kappa shape index (κ2) is 4.11. The summed E-state index contributed by atoms with van der Waals surface area (Å²) in [6.45, 7) is 7.60. The van der Waals surface area contributed by atoms with E-state index in [4.69, 9.17) is 2.74 Å². The lowest BCUT2D eigenvalue weighted by Gasteiger charge is -2.22. The van der Waals surface area contributed by atoms with Crippen molar-refractivity contribution in [3.05, 3.63) is 34.9 Å². The van der Waals surface area contributed by atoms with Crippen LogP contribution in [0.3, 0.4) is 0 Å². The van der Waals surface area contributed by atoms with E-state index in [1.165, 1.54) is 12.1 Å². The Labute approximate surface area is 97.3 Å². The molecule has 16 heavy (non-hydrogen) atoms. The summed E-state index contributed by atoms with van der Waals surface area (Å²) in [5.74, 6) is 0. The quantitative estimate of drug-likeness (QED) is 0.673. The Bertz CT molecular complexity index is 443. The van der Waals surface area contributed by atoms with Crippen molar-refractivity contribution in [3.63, 3.8) is 0 Å². The Kier molecular flexibility index (Phi) is 2.62. The topological polar surface area (TPSA) is 0 Å². The number of hydrogen-bond acceptors (Lipinski definition) is 0. The highest BCUT2D eigenvalue weighted by Gasteiger charge is 2.28. The molecule has 0 amide bonds. The van der Waals surface area contributed by atoms with E-state index >= 15 is 0 Å². The summed E-state index contributed by atoms with van der Waals surface area (Å²) in [6, 6.07) is 4.09. The minimum atomic E-state index is -4.90. The zero-order valence-corrected chi connectivity index (χ0v) is 9.87. The highest BCUT2D eigenvalue weighted by atomic mass is 19.4. The summed E-state index contributed by atoms with van der Waals surface area (Å²) in [5, 5.41) is 0. The van der Waals surface area contributed by atoms with Crippen LogP contribution in [0.25, 0.3) is 0 Å². The maximum atomic E-state index is 12.6. The van der Waals surface area contributed by atoms with Gasteiger partial charge in [-0.05, 0) is 29.0 Å². The predicted octanol–water partition coefficient (Wildman–Crippen LogP) is 4.40. The summed E-state index contributed by atoms with van der Waals surface area (Å²) >= 11 is 0. The molecule has 0 aliphatic carbocycles. The Morgan fingerprint density at radius 3 is 2.12 bits per heavy atom. The van der Waals surface area contributed by atoms with E-state index in [0.29, 0.717) is 5.56 Å². The molecule has 1 aromatic carbocycles. The number of hydrogen-bond donors (Lipinski definition) is 0. The molecule has 0 bridgehead atoms. The molecule has 0 aliphatic rings. The number of benzene rings is 1. The Morgan fingerprint density at radius 2 is 1.75 bits per heavy atom. The first-order valence-corrected chi connectivity index (χ1v) is 5.05. The average molecular weight is 232 g/mol. The summed E-state index contributed by atoms with van der Waals surface area (Å²) in [5.41, 5.74) is 1.07. The molecule has 0 unspecified atom stereocenters. The average Bonchev–Trinajstić information content (AvgIpc) is 2.13. The molecule has 1 rings (SSSR count). The van der Waals surface area contributed by atoms with Crippen LogP contribution in [0.4, 0.5) is 13.2 Å². The molecule has 0 saturated carbocycles. The first-order valence-electron chi connectivity index (χ1n) is 6.05. The van der Waals surface area contributed by atoms with Gasteiger partial charge in [-0.1, -0.05) is 39.0 Å². The SMILES string of the molecule is [2H]C([2H])(c1ccc(C(C)(C)C)c(C)c1)C(F)(F)F. The molecule has 0 aliphatic heterocycles. The van der Waals surface area contributed by atoms with Crippen molar-refractivity contribution in [3.8, 4) is 0 Å². The fourth-order valence-corrected chi connectivity index (χ4v) is 1.75. The molecule has 0 nitrogen and oxygen atoms in total. The lowest BCUT2D eigenvalue weighted by atomic mass is 9.83. The molecule has 0 aromatic heterocycles. The summed E-state index contributed by atoms with van der Waals surface area (Å²) in [6.07, 6.45) is -8.21. The normalized spacial score (nSPS) is 15.7. The van der Waals surface area contributed by atoms with Crippen LogP contribution < -0.4 is 0 Å². The maximum absolute atomic E-state index is 12.6. The molecule has 0 N–H and O–H groups in total. The molecule has 0 saturated heterocycles. The highest BCUT2D eigenvalue weighted by molar-refractivity contribution is 5.35. The first kappa shape index (κ1) is 10.2. The van der Waals surface area contributed by atoms with Gasteiger partial charge in [-0.3, -0.25) is 0 Å². The van der Waals surface area contributed by atoms with Crippen molar-refractivity contribution >= 4 is 0 Å². The van der Waals surface area contributed by atoms with Crippen molar-refractivity contribution in [1.82, 2.24) is 0 Å². The van der Waals surface area contributed by atoms with Crippen molar-refractivity contribution in [2.75, 3.05) is 0 Å². The number of aryl methyl sites for hydroxylation is 1. The molecule has 0 spiro atoms. The molecule has 1 aromatic rings. The zero-order chi connectivity index (χ0) is 14.4. The summed E-state index contributed by atoms with van der Waals surface area (Å²) in [4.78, 5) is 0. The highest BCUT2D eigenvalue weighted by Crippen LogP contribution is 2.28. The van der Waals surface area contributed by atoms with Crippen LogP contribution in [0.1, 0.15) is 40.2 Å². The Balaban J connectivity index is 3.29. The second-order valence-corrected chi connectivity index (χ2v) is 4.90. The molecular weight excluding hydrogens is 213 g/mol. The van der Waals surface area contributed by atoms with Crippen LogP contribution >= 0.6 is 0 Å². The third kappa shape index (κ3) is 3.54. The van der Waals surface area contributed by atoms with E-state index in [9.17, 15) is 13.2 Å². The van der Waals surface area contributed by atoms with Gasteiger partial charge in [-0.15, -0.1) is 0 Å². The lowest BCUT2D eigenvalue weighted by molar-refractivity contribution is -0.127. The fraction of sp³-hybridized carbons (Fsp3) is 0.538. The largest absolute Gasteiger partial charge is 0.393 e. The van der Waals surface area contributed by atoms with Crippen LogP contribution in [0.2, 0.25) is 0 Å². The third-order valence-corrected chi connectivity index (χ3v) is 2.32. The van der Waals surface area contributed by atoms with Gasteiger partial charge >= 0.3 is 6.18 Å². The lowest BCUT2D eigenvalue weighted by Crippen LogP contribution is -2.15. The minimum Gasteiger partial charge on any atom is -0.171 e. The second-order valence-electron chi connectivity index (χ2n) is 4.90. The standard InChI is InChI=1S/C13H17F3/c1-9-7-10(8-13(14,15)16)5-6-11(9)12(2,3)4/h5-7H,8H2,1-4H3/i8D2. The zero-order valence-electron chi connectivity index (χ0n) is 11.9. The van der Waals surface area contributed by atoms with E-state index in [1.807, 2.05) is 20.8 Å². The van der Waals surface area contributed by atoms with Crippen LogP contribution in [0, 0.1) is 6.92 Å². The molecule has 0 heterocycles. The fourth-order valence-electron chi connectivity index (χ4n) is 1.75. The molecule has 90 valence electrons. The van der Waals surface area contributed by atoms with Crippen molar-refractivity contribution < 1.29 is 15.9 Å². The van der Waals surface area contributed by atoms with Gasteiger partial charge in [0.25, 0.3) is 0 Å². The van der Waals surface area contributed by atoms with Gasteiger partial charge in [0.2, 0.25) is 0 Å². The van der Waals surface area contributed by atoms with Gasteiger partial charge in [-0.25, -0.2) is 0 Å². The smallest absolute Gasteiger partial charge is 0.171 e. The van der Waals surface area contributed by atoms with Crippen LogP contribution in [-0.4, -0.2) is 6.18 Å². The Morgan fingerprint density at radius 1 is 1.19 bits per heavy atom. The monoisotopic (exact) mass is 232 g/mol. The van der Waals surface area contributed by atoms with E-state index in [1.54, 1.807) is 13.0 Å². The Hall–Kier alpha value is -0.990. The van der Waals surface area contributed by atoms with Gasteiger partial charge in [0.15, 0.2) is 0 Å². The molecule has 3 heteroatoms. The van der Waals surface area contributed by atoms with Crippen LogP contribution in [0.15, 0.2) is 18.2 Å². The van der Waals surface area contributed by atoms with Crippen LogP contribution in [0.5, 0.6) is 0 Å². The molecule has 0 atom stereocenters. The van der Waals surface area contributed by atoms with Gasteiger partial charge in [0.05, 0.1) is 6.37 Å². The third-order valence-electron chi connectivity index (χ3n) is 2.32. The van der Waals surface area contributed by atoms with E-state index in [0.717, 1.165) is 5.56 Å². The minimum absolute atomic E-state index is 0.173. The number of rotatable bonds is 1. The number of halogens is 3. The molecular formula is C13H17F3. The van der Waals surface area contributed by atoms with Crippen molar-refractivity contribution in [2.24, 2.45) is 0 Å². The van der Waals surface area contributed by atoms with E-state index in [2.05, 4.69) is 0 Å². The molecule has 0 fully saturated rings. The maximum Gasteiger partial charge on any atom is 0.393 e. The van der Waals surface area contributed by atoms with E-state index < -0.39 is 12.5 Å². The van der Waals surface area contributed by atoms with Gasteiger partial charge in [0.1, 0.15) is 0 Å².